The smallest absolute Gasteiger partial charge is 0.416 e. The lowest BCUT2D eigenvalue weighted by molar-refractivity contribution is -0.137. The standard InChI is InChI=1S/C18H19F3N2O2S/c1-25-15-2-4-16(5-3-15)26-7-6-17(24)23-14-9-12(11-22)8-13(10-14)18(19,20)21/h2-5,8-10H,6-7,11,22H2,1H3,(H,23,24). The van der Waals surface area contributed by atoms with Crippen molar-refractivity contribution in [3.05, 3.63) is 53.6 Å². The van der Waals surface area contributed by atoms with Gasteiger partial charge in [-0.15, -0.1) is 11.8 Å². The largest absolute Gasteiger partial charge is 0.497 e. The van der Waals surface area contributed by atoms with E-state index in [9.17, 15) is 18.0 Å². The third kappa shape index (κ3) is 5.96. The van der Waals surface area contributed by atoms with E-state index in [-0.39, 0.29) is 24.6 Å². The van der Waals surface area contributed by atoms with Crippen LogP contribution in [0.5, 0.6) is 5.75 Å². The molecule has 8 heteroatoms. The Hall–Kier alpha value is -2.19. The van der Waals surface area contributed by atoms with Gasteiger partial charge in [0.2, 0.25) is 5.91 Å². The van der Waals surface area contributed by atoms with E-state index in [0.717, 1.165) is 22.8 Å². The number of ether oxygens (including phenoxy) is 1. The molecular formula is C18H19F3N2O2S. The van der Waals surface area contributed by atoms with Crippen molar-refractivity contribution < 1.29 is 22.7 Å². The van der Waals surface area contributed by atoms with Crippen LogP contribution in [0.25, 0.3) is 0 Å². The van der Waals surface area contributed by atoms with Crippen LogP contribution in [0.4, 0.5) is 18.9 Å². The zero-order valence-corrected chi connectivity index (χ0v) is 14.9. The number of methoxy groups -OCH3 is 1. The van der Waals surface area contributed by atoms with Crippen LogP contribution in [0.3, 0.4) is 0 Å². The lowest BCUT2D eigenvalue weighted by Gasteiger charge is -2.12. The Morgan fingerprint density at radius 1 is 1.19 bits per heavy atom. The second-order valence-electron chi connectivity index (χ2n) is 5.44. The maximum atomic E-state index is 12.9. The molecule has 0 atom stereocenters. The maximum absolute atomic E-state index is 12.9. The normalized spacial score (nSPS) is 11.3. The van der Waals surface area contributed by atoms with Crippen LogP contribution in [0, 0.1) is 0 Å². The summed E-state index contributed by atoms with van der Waals surface area (Å²) in [7, 11) is 1.58. The number of carbonyl (C=O) groups excluding carboxylic acids is 1. The Morgan fingerprint density at radius 3 is 2.46 bits per heavy atom. The van der Waals surface area contributed by atoms with E-state index in [2.05, 4.69) is 5.32 Å². The van der Waals surface area contributed by atoms with Crippen LogP contribution >= 0.6 is 11.8 Å². The van der Waals surface area contributed by atoms with Crippen molar-refractivity contribution in [2.75, 3.05) is 18.2 Å². The van der Waals surface area contributed by atoms with Gasteiger partial charge in [0, 0.05) is 29.3 Å². The first-order valence-corrected chi connectivity index (χ1v) is 8.78. The van der Waals surface area contributed by atoms with Crippen LogP contribution in [0.2, 0.25) is 0 Å². The summed E-state index contributed by atoms with van der Waals surface area (Å²) in [5.41, 5.74) is 5.01. The predicted molar refractivity (Wildman–Crippen MR) is 96.3 cm³/mol. The minimum Gasteiger partial charge on any atom is -0.497 e. The lowest BCUT2D eigenvalue weighted by atomic mass is 10.1. The molecule has 0 heterocycles. The first kappa shape index (κ1) is 20.1. The second-order valence-corrected chi connectivity index (χ2v) is 6.61. The van der Waals surface area contributed by atoms with Crippen LogP contribution in [0.15, 0.2) is 47.4 Å². The summed E-state index contributed by atoms with van der Waals surface area (Å²) in [5.74, 6) is 0.890. The number of hydrogen-bond acceptors (Lipinski definition) is 4. The van der Waals surface area contributed by atoms with Gasteiger partial charge in [-0.1, -0.05) is 0 Å². The third-order valence-electron chi connectivity index (χ3n) is 3.50. The van der Waals surface area contributed by atoms with Crippen molar-refractivity contribution in [2.45, 2.75) is 24.0 Å². The van der Waals surface area contributed by atoms with Crippen LogP contribution in [0.1, 0.15) is 17.5 Å². The van der Waals surface area contributed by atoms with Gasteiger partial charge in [0.15, 0.2) is 0 Å². The number of thioether (sulfide) groups is 1. The molecule has 2 aromatic carbocycles. The molecule has 0 unspecified atom stereocenters. The molecule has 0 saturated carbocycles. The average molecular weight is 384 g/mol. The maximum Gasteiger partial charge on any atom is 0.416 e. The molecule has 2 aromatic rings. The Kier molecular flexibility index (Phi) is 6.93. The van der Waals surface area contributed by atoms with E-state index in [1.54, 1.807) is 7.11 Å². The summed E-state index contributed by atoms with van der Waals surface area (Å²) in [6.45, 7) is -0.0416. The number of anilines is 1. The van der Waals surface area contributed by atoms with Gasteiger partial charge >= 0.3 is 6.18 Å². The molecule has 0 saturated heterocycles. The Balaban J connectivity index is 1.92. The van der Waals surface area contributed by atoms with Gasteiger partial charge < -0.3 is 15.8 Å². The second kappa shape index (κ2) is 8.95. The topological polar surface area (TPSA) is 64.3 Å². The minimum atomic E-state index is -4.49. The molecule has 140 valence electrons. The average Bonchev–Trinajstić information content (AvgIpc) is 2.61. The van der Waals surface area contributed by atoms with E-state index in [1.807, 2.05) is 24.3 Å². The van der Waals surface area contributed by atoms with Crippen molar-refractivity contribution in [1.82, 2.24) is 0 Å². The summed E-state index contributed by atoms with van der Waals surface area (Å²) in [5, 5.41) is 2.51. The highest BCUT2D eigenvalue weighted by atomic mass is 32.2. The summed E-state index contributed by atoms with van der Waals surface area (Å²) >= 11 is 1.48. The van der Waals surface area contributed by atoms with Crippen molar-refractivity contribution in [3.63, 3.8) is 0 Å². The molecule has 0 aliphatic rings. The quantitative estimate of drug-likeness (QED) is 0.699. The summed E-state index contributed by atoms with van der Waals surface area (Å²) in [6, 6.07) is 10.7. The monoisotopic (exact) mass is 384 g/mol. The van der Waals surface area contributed by atoms with Gasteiger partial charge in [-0.25, -0.2) is 0 Å². The van der Waals surface area contributed by atoms with E-state index in [4.69, 9.17) is 10.5 Å². The number of alkyl halides is 3. The zero-order valence-electron chi connectivity index (χ0n) is 14.1. The van der Waals surface area contributed by atoms with E-state index < -0.39 is 11.7 Å². The van der Waals surface area contributed by atoms with Crippen LogP contribution in [-0.4, -0.2) is 18.8 Å². The highest BCUT2D eigenvalue weighted by molar-refractivity contribution is 7.99. The molecule has 0 fully saturated rings. The van der Waals surface area contributed by atoms with Gasteiger partial charge in [0.1, 0.15) is 5.75 Å². The number of nitrogens with one attached hydrogen (secondary N) is 1. The van der Waals surface area contributed by atoms with Gasteiger partial charge in [-0.05, 0) is 48.0 Å². The fourth-order valence-electron chi connectivity index (χ4n) is 2.20. The van der Waals surface area contributed by atoms with Crippen molar-refractivity contribution in [3.8, 4) is 5.75 Å². The molecule has 3 N–H and O–H groups in total. The molecule has 1 amide bonds. The first-order chi connectivity index (χ1) is 12.3. The molecule has 4 nitrogen and oxygen atoms in total. The third-order valence-corrected chi connectivity index (χ3v) is 4.51. The molecule has 0 aliphatic carbocycles. The molecule has 2 rings (SSSR count). The Morgan fingerprint density at radius 2 is 1.88 bits per heavy atom. The van der Waals surface area contributed by atoms with Gasteiger partial charge in [0.05, 0.1) is 12.7 Å². The summed E-state index contributed by atoms with van der Waals surface area (Å²) in [6.07, 6.45) is -4.32. The number of amides is 1. The van der Waals surface area contributed by atoms with E-state index in [0.29, 0.717) is 11.3 Å². The van der Waals surface area contributed by atoms with Gasteiger partial charge in [0.25, 0.3) is 0 Å². The number of nitrogens with two attached hydrogens (primary N) is 1. The fourth-order valence-corrected chi connectivity index (χ4v) is 3.05. The van der Waals surface area contributed by atoms with Crippen LogP contribution < -0.4 is 15.8 Å². The number of hydrogen-bond donors (Lipinski definition) is 2. The van der Waals surface area contributed by atoms with Crippen molar-refractivity contribution in [2.24, 2.45) is 5.73 Å². The highest BCUT2D eigenvalue weighted by Gasteiger charge is 2.31. The highest BCUT2D eigenvalue weighted by Crippen LogP contribution is 2.32. The lowest BCUT2D eigenvalue weighted by Crippen LogP contribution is -2.14. The zero-order chi connectivity index (χ0) is 19.2. The minimum absolute atomic E-state index is 0.0416. The van der Waals surface area contributed by atoms with Crippen molar-refractivity contribution in [1.29, 1.82) is 0 Å². The molecule has 0 bridgehead atoms. The predicted octanol–water partition coefficient (Wildman–Crippen LogP) is 4.29. The van der Waals surface area contributed by atoms with Crippen LogP contribution in [-0.2, 0) is 17.5 Å². The Bertz CT molecular complexity index is 749. The number of halogens is 3. The van der Waals surface area contributed by atoms with Crippen molar-refractivity contribution >= 4 is 23.4 Å². The summed E-state index contributed by atoms with van der Waals surface area (Å²) < 4.78 is 43.8. The first-order valence-electron chi connectivity index (χ1n) is 7.80. The summed E-state index contributed by atoms with van der Waals surface area (Å²) in [4.78, 5) is 13.0. The molecular weight excluding hydrogens is 365 g/mol. The SMILES string of the molecule is COc1ccc(SCCC(=O)Nc2cc(CN)cc(C(F)(F)F)c2)cc1. The van der Waals surface area contributed by atoms with Gasteiger partial charge in [-0.3, -0.25) is 4.79 Å². The molecule has 0 aromatic heterocycles. The number of benzene rings is 2. The number of carbonyl (C=O) groups is 1. The number of rotatable bonds is 7. The fraction of sp³-hybridized carbons (Fsp3) is 0.278. The molecule has 0 aliphatic heterocycles. The molecule has 26 heavy (non-hydrogen) atoms. The van der Waals surface area contributed by atoms with Gasteiger partial charge in [-0.2, -0.15) is 13.2 Å². The molecule has 0 radical (unpaired) electrons. The Labute approximate surface area is 153 Å². The molecule has 0 spiro atoms. The van der Waals surface area contributed by atoms with E-state index >= 15 is 0 Å². The van der Waals surface area contributed by atoms with E-state index in [1.165, 1.54) is 17.8 Å².